The molecule has 0 radical (unpaired) electrons. The lowest BCUT2D eigenvalue weighted by atomic mass is 9.88. The third-order valence-corrected chi connectivity index (χ3v) is 5.33. The minimum absolute atomic E-state index is 0.718. The van der Waals surface area contributed by atoms with Crippen molar-refractivity contribution < 1.29 is 9.90 Å². The molecule has 0 heterocycles. The van der Waals surface area contributed by atoms with Gasteiger partial charge in [0.05, 0.1) is 0 Å². The summed E-state index contributed by atoms with van der Waals surface area (Å²) in [5.41, 5.74) is 0. The molecule has 0 aromatic carbocycles. The van der Waals surface area contributed by atoms with Crippen molar-refractivity contribution in [2.24, 2.45) is 0 Å². The van der Waals surface area contributed by atoms with E-state index in [1.807, 2.05) is 0 Å². The molecule has 1 N–H and O–H groups in total. The van der Waals surface area contributed by atoms with Crippen LogP contribution in [-0.2, 0) is 0 Å². The molecule has 2 rings (SSSR count). The number of carboxylic acid groups (broad SMARTS) is 1. The number of carbonyl (C=O) groups is 1. The lowest BCUT2D eigenvalue weighted by molar-refractivity contribution is 0.0343. The molecule has 0 aromatic rings. The first-order valence-corrected chi connectivity index (χ1v) is 7.65. The largest absolute Gasteiger partial charge is 0.465 e. The van der Waals surface area contributed by atoms with Crippen molar-refractivity contribution in [1.82, 2.24) is 4.90 Å². The fourth-order valence-electron chi connectivity index (χ4n) is 3.34. The first-order chi connectivity index (χ1) is 8.48. The van der Waals surface area contributed by atoms with E-state index in [2.05, 4.69) is 0 Å². The predicted octanol–water partition coefficient (Wildman–Crippen LogP) is 4.76. The highest BCUT2D eigenvalue weighted by atomic mass is 35.5. The number of hydrogen-bond donors (Lipinski definition) is 1. The predicted molar refractivity (Wildman–Crippen MR) is 73.2 cm³/mol. The summed E-state index contributed by atoms with van der Waals surface area (Å²) < 4.78 is 0. The van der Waals surface area contributed by atoms with Crippen molar-refractivity contribution in [3.63, 3.8) is 0 Å². The number of alkyl halides is 2. The highest BCUT2D eigenvalue weighted by Gasteiger charge is 2.50. The molecule has 0 spiro atoms. The van der Waals surface area contributed by atoms with Gasteiger partial charge in [-0.05, 0) is 51.4 Å². The SMILES string of the molecule is O=C(O)N(C1(Cl)CCCCC1)C1(Cl)CCCCC1. The molecule has 1 amide bonds. The fourth-order valence-corrected chi connectivity index (χ4v) is 4.38. The molecule has 5 heteroatoms. The zero-order chi connectivity index (χ0) is 13.2. The lowest BCUT2D eigenvalue weighted by Gasteiger charge is -2.49. The second-order valence-electron chi connectivity index (χ2n) is 5.58. The molecule has 3 nitrogen and oxygen atoms in total. The van der Waals surface area contributed by atoms with Crippen LogP contribution in [0.5, 0.6) is 0 Å². The lowest BCUT2D eigenvalue weighted by Crippen LogP contribution is -2.59. The molecule has 2 aliphatic carbocycles. The summed E-state index contributed by atoms with van der Waals surface area (Å²) in [6.45, 7) is 0. The Morgan fingerprint density at radius 2 is 1.17 bits per heavy atom. The number of rotatable bonds is 2. The van der Waals surface area contributed by atoms with Crippen LogP contribution in [0.25, 0.3) is 0 Å². The highest BCUT2D eigenvalue weighted by Crippen LogP contribution is 2.47. The summed E-state index contributed by atoms with van der Waals surface area (Å²) in [5, 5.41) is 9.57. The van der Waals surface area contributed by atoms with E-state index < -0.39 is 16.1 Å². The van der Waals surface area contributed by atoms with Crippen molar-refractivity contribution in [3.8, 4) is 0 Å². The second kappa shape index (κ2) is 5.46. The van der Waals surface area contributed by atoms with Crippen molar-refractivity contribution in [2.75, 3.05) is 0 Å². The van der Waals surface area contributed by atoms with Gasteiger partial charge in [0, 0.05) is 0 Å². The first kappa shape index (κ1) is 14.3. The van der Waals surface area contributed by atoms with E-state index in [4.69, 9.17) is 23.2 Å². The number of nitrogens with zero attached hydrogens (tertiary/aromatic N) is 1. The van der Waals surface area contributed by atoms with Crippen LogP contribution >= 0.6 is 23.2 Å². The molecule has 2 aliphatic rings. The average molecular weight is 294 g/mol. The van der Waals surface area contributed by atoms with Crippen LogP contribution in [0.1, 0.15) is 64.2 Å². The quantitative estimate of drug-likeness (QED) is 0.589. The normalized spacial score (nSPS) is 26.6. The maximum Gasteiger partial charge on any atom is 0.410 e. The minimum atomic E-state index is -0.969. The molecule has 0 bridgehead atoms. The molecule has 0 unspecified atom stereocenters. The fraction of sp³-hybridized carbons (Fsp3) is 0.923. The molecule has 0 saturated heterocycles. The number of hydrogen-bond acceptors (Lipinski definition) is 1. The van der Waals surface area contributed by atoms with Crippen molar-refractivity contribution in [3.05, 3.63) is 0 Å². The molecule has 2 fully saturated rings. The third kappa shape index (κ3) is 2.72. The van der Waals surface area contributed by atoms with Crippen LogP contribution in [0, 0.1) is 0 Å². The molecule has 0 aliphatic heterocycles. The zero-order valence-corrected chi connectivity index (χ0v) is 12.1. The van der Waals surface area contributed by atoms with Crippen molar-refractivity contribution in [2.45, 2.75) is 74.2 Å². The monoisotopic (exact) mass is 293 g/mol. The van der Waals surface area contributed by atoms with E-state index in [0.717, 1.165) is 64.2 Å². The third-order valence-electron chi connectivity index (χ3n) is 4.23. The van der Waals surface area contributed by atoms with E-state index >= 15 is 0 Å². The van der Waals surface area contributed by atoms with E-state index in [-0.39, 0.29) is 0 Å². The van der Waals surface area contributed by atoms with E-state index in [0.29, 0.717) is 0 Å². The Balaban J connectivity index is 2.23. The Labute approximate surface area is 118 Å². The van der Waals surface area contributed by atoms with Gasteiger partial charge in [-0.15, -0.1) is 0 Å². The Hall–Kier alpha value is -0.150. The van der Waals surface area contributed by atoms with Gasteiger partial charge in [0.2, 0.25) is 0 Å². The molecular formula is C13H21Cl2NO2. The van der Waals surface area contributed by atoms with Crippen LogP contribution in [-0.4, -0.2) is 26.1 Å². The van der Waals surface area contributed by atoms with Crippen LogP contribution in [0.15, 0.2) is 0 Å². The van der Waals surface area contributed by atoms with Crippen molar-refractivity contribution >= 4 is 29.3 Å². The molecule has 104 valence electrons. The number of halogens is 2. The maximum atomic E-state index is 11.7. The zero-order valence-electron chi connectivity index (χ0n) is 10.6. The van der Waals surface area contributed by atoms with Crippen molar-refractivity contribution in [1.29, 1.82) is 0 Å². The summed E-state index contributed by atoms with van der Waals surface area (Å²) >= 11 is 13.2. The standard InChI is InChI=1S/C13H21Cl2NO2/c14-12(7-3-1-4-8-12)16(11(17)18)13(15)9-5-2-6-10-13/h1-10H2,(H,17,18). The van der Waals surface area contributed by atoms with Gasteiger partial charge < -0.3 is 5.11 Å². The second-order valence-corrected chi connectivity index (χ2v) is 6.98. The Morgan fingerprint density at radius 1 is 0.833 bits per heavy atom. The first-order valence-electron chi connectivity index (χ1n) is 6.89. The minimum Gasteiger partial charge on any atom is -0.465 e. The van der Waals surface area contributed by atoms with E-state index in [1.165, 1.54) is 4.90 Å². The van der Waals surface area contributed by atoms with Crippen LogP contribution in [0.3, 0.4) is 0 Å². The summed E-state index contributed by atoms with van der Waals surface area (Å²) in [5.74, 6) is 0. The summed E-state index contributed by atoms with van der Waals surface area (Å²) in [6, 6.07) is 0. The Kier molecular flexibility index (Phi) is 4.32. The summed E-state index contributed by atoms with van der Waals surface area (Å²) in [7, 11) is 0. The number of amides is 1. The van der Waals surface area contributed by atoms with Gasteiger partial charge in [-0.25, -0.2) is 4.79 Å². The van der Waals surface area contributed by atoms with Crippen LogP contribution < -0.4 is 0 Å². The summed E-state index contributed by atoms with van der Waals surface area (Å²) in [6.07, 6.45) is 8.12. The van der Waals surface area contributed by atoms with E-state index in [9.17, 15) is 9.90 Å². The van der Waals surface area contributed by atoms with Gasteiger partial charge >= 0.3 is 6.09 Å². The maximum absolute atomic E-state index is 11.7. The Morgan fingerprint density at radius 3 is 1.44 bits per heavy atom. The van der Waals surface area contributed by atoms with Gasteiger partial charge in [0.15, 0.2) is 0 Å². The Bertz CT molecular complexity index is 286. The van der Waals surface area contributed by atoms with Gasteiger partial charge in [-0.1, -0.05) is 36.0 Å². The topological polar surface area (TPSA) is 40.5 Å². The van der Waals surface area contributed by atoms with Gasteiger partial charge in [0.25, 0.3) is 0 Å². The van der Waals surface area contributed by atoms with Gasteiger partial charge in [0.1, 0.15) is 10.00 Å². The van der Waals surface area contributed by atoms with E-state index in [1.54, 1.807) is 0 Å². The van der Waals surface area contributed by atoms with Crippen LogP contribution in [0.4, 0.5) is 4.79 Å². The molecule has 18 heavy (non-hydrogen) atoms. The van der Waals surface area contributed by atoms with Crippen LogP contribution in [0.2, 0.25) is 0 Å². The molecular weight excluding hydrogens is 273 g/mol. The van der Waals surface area contributed by atoms with Gasteiger partial charge in [-0.2, -0.15) is 0 Å². The molecule has 0 aromatic heterocycles. The summed E-state index contributed by atoms with van der Waals surface area (Å²) in [4.78, 5) is 11.5. The molecule has 2 saturated carbocycles. The van der Waals surface area contributed by atoms with Gasteiger partial charge in [-0.3, -0.25) is 4.90 Å². The smallest absolute Gasteiger partial charge is 0.410 e. The molecule has 0 atom stereocenters. The highest BCUT2D eigenvalue weighted by molar-refractivity contribution is 6.28. The average Bonchev–Trinajstić information content (AvgIpc) is 2.29.